The van der Waals surface area contributed by atoms with Crippen molar-refractivity contribution in [2.24, 2.45) is 5.73 Å². The van der Waals surface area contributed by atoms with Crippen LogP contribution in [0.2, 0.25) is 0 Å². The molecular weight excluding hydrogens is 176 g/mol. The van der Waals surface area contributed by atoms with Gasteiger partial charge < -0.3 is 15.5 Å². The number of hydrogen-bond acceptors (Lipinski definition) is 2. The zero-order valence-electron chi connectivity index (χ0n) is 7.42. The van der Waals surface area contributed by atoms with Gasteiger partial charge >= 0.3 is 0 Å². The smallest absolute Gasteiger partial charge is 0.188 e. The number of likely N-dealkylation sites (N-methyl/N-ethyl adjacent to an activating group) is 1. The first kappa shape index (κ1) is 11.5. The second-order valence-corrected chi connectivity index (χ2v) is 2.81. The number of nitrogens with one attached hydrogen (secondary N) is 1. The monoisotopic (exact) mass is 192 g/mol. The highest BCUT2D eigenvalue weighted by atomic mass is 35.5. The molecule has 1 aliphatic heterocycles. The number of guanidine groups is 1. The highest BCUT2D eigenvalue weighted by Crippen LogP contribution is 1.99. The van der Waals surface area contributed by atoms with Crippen LogP contribution in [0.4, 0.5) is 0 Å². The summed E-state index contributed by atoms with van der Waals surface area (Å²) in [6.07, 6.45) is 0. The number of nitrogens with zero attached hydrogens (tertiary/aromatic N) is 2. The third kappa shape index (κ3) is 2.87. The lowest BCUT2D eigenvalue weighted by molar-refractivity contribution is 0.188. The quantitative estimate of drug-likeness (QED) is 0.452. The van der Waals surface area contributed by atoms with Crippen LogP contribution in [0.3, 0.4) is 0 Å². The zero-order valence-corrected chi connectivity index (χ0v) is 8.23. The Hall–Kier alpha value is -0.480. The average Bonchev–Trinajstić information content (AvgIpc) is 2.05. The van der Waals surface area contributed by atoms with Crippen molar-refractivity contribution in [2.75, 3.05) is 32.7 Å². The molecule has 0 aromatic rings. The normalized spacial score (nSPS) is 18.6. The summed E-state index contributed by atoms with van der Waals surface area (Å²) < 4.78 is 0. The molecule has 0 saturated carbocycles. The van der Waals surface area contributed by atoms with Crippen molar-refractivity contribution in [1.82, 2.24) is 9.80 Å². The lowest BCUT2D eigenvalue weighted by atomic mass is 10.3. The van der Waals surface area contributed by atoms with E-state index in [4.69, 9.17) is 11.1 Å². The molecule has 0 aliphatic carbocycles. The summed E-state index contributed by atoms with van der Waals surface area (Å²) in [6.45, 7) is 7.15. The molecule has 12 heavy (non-hydrogen) atoms. The summed E-state index contributed by atoms with van der Waals surface area (Å²) in [6, 6.07) is 0. The van der Waals surface area contributed by atoms with E-state index >= 15 is 0 Å². The van der Waals surface area contributed by atoms with Crippen molar-refractivity contribution in [3.63, 3.8) is 0 Å². The Kier molecular flexibility index (Phi) is 5.01. The second-order valence-electron chi connectivity index (χ2n) is 2.81. The molecule has 1 saturated heterocycles. The lowest BCUT2D eigenvalue weighted by Gasteiger charge is -2.34. The van der Waals surface area contributed by atoms with Crippen LogP contribution < -0.4 is 5.73 Å². The van der Waals surface area contributed by atoms with Gasteiger partial charge in [-0.3, -0.25) is 5.41 Å². The first-order valence-corrected chi connectivity index (χ1v) is 4.05. The van der Waals surface area contributed by atoms with Gasteiger partial charge in [-0.05, 0) is 6.54 Å². The van der Waals surface area contributed by atoms with Gasteiger partial charge in [-0.1, -0.05) is 6.92 Å². The van der Waals surface area contributed by atoms with E-state index in [9.17, 15) is 0 Å². The van der Waals surface area contributed by atoms with E-state index in [0.717, 1.165) is 32.7 Å². The van der Waals surface area contributed by atoms with Gasteiger partial charge in [-0.2, -0.15) is 0 Å². The van der Waals surface area contributed by atoms with Crippen molar-refractivity contribution in [3.8, 4) is 0 Å². The minimum atomic E-state index is 0. The van der Waals surface area contributed by atoms with Gasteiger partial charge in [-0.25, -0.2) is 0 Å². The molecule has 0 unspecified atom stereocenters. The van der Waals surface area contributed by atoms with E-state index < -0.39 is 0 Å². The van der Waals surface area contributed by atoms with Crippen LogP contribution in [0.15, 0.2) is 0 Å². The molecule has 0 radical (unpaired) electrons. The number of nitrogens with two attached hydrogens (primary N) is 1. The SMILES string of the molecule is CCN1CCN(C(=N)N)CC1.Cl. The third-order valence-corrected chi connectivity index (χ3v) is 2.16. The topological polar surface area (TPSA) is 56.4 Å². The molecule has 0 amide bonds. The summed E-state index contributed by atoms with van der Waals surface area (Å²) in [5.41, 5.74) is 5.34. The van der Waals surface area contributed by atoms with Crippen LogP contribution in [0, 0.1) is 5.41 Å². The van der Waals surface area contributed by atoms with Gasteiger partial charge in [0.15, 0.2) is 5.96 Å². The van der Waals surface area contributed by atoms with Crippen LogP contribution in [-0.4, -0.2) is 48.5 Å². The Balaban J connectivity index is 0.00000121. The van der Waals surface area contributed by atoms with Gasteiger partial charge in [0.05, 0.1) is 0 Å². The predicted octanol–water partition coefficient (Wildman–Crippen LogP) is -0.0608. The standard InChI is InChI=1S/C7H16N4.ClH/c1-2-10-3-5-11(6-4-10)7(8)9;/h2-6H2,1H3,(H3,8,9);1H. The fraction of sp³-hybridized carbons (Fsp3) is 0.857. The summed E-state index contributed by atoms with van der Waals surface area (Å²) in [5, 5.41) is 7.20. The highest BCUT2D eigenvalue weighted by molar-refractivity contribution is 5.85. The summed E-state index contributed by atoms with van der Waals surface area (Å²) in [5.74, 6) is 0.209. The van der Waals surface area contributed by atoms with E-state index in [1.165, 1.54) is 0 Å². The van der Waals surface area contributed by atoms with Gasteiger partial charge in [-0.15, -0.1) is 12.4 Å². The molecule has 0 aromatic carbocycles. The molecule has 1 fully saturated rings. The number of hydrogen-bond donors (Lipinski definition) is 2. The third-order valence-electron chi connectivity index (χ3n) is 2.16. The van der Waals surface area contributed by atoms with E-state index in [1.54, 1.807) is 0 Å². The summed E-state index contributed by atoms with van der Waals surface area (Å²) >= 11 is 0. The Bertz CT molecular complexity index is 142. The van der Waals surface area contributed by atoms with Crippen LogP contribution in [-0.2, 0) is 0 Å². The molecule has 5 heteroatoms. The minimum Gasteiger partial charge on any atom is -0.370 e. The number of halogens is 1. The van der Waals surface area contributed by atoms with Gasteiger partial charge in [0.1, 0.15) is 0 Å². The molecule has 0 aromatic heterocycles. The Morgan fingerprint density at radius 1 is 1.33 bits per heavy atom. The van der Waals surface area contributed by atoms with Gasteiger partial charge in [0.2, 0.25) is 0 Å². The maximum absolute atomic E-state index is 7.20. The van der Waals surface area contributed by atoms with E-state index in [-0.39, 0.29) is 18.4 Å². The zero-order chi connectivity index (χ0) is 8.27. The van der Waals surface area contributed by atoms with Crippen molar-refractivity contribution >= 4 is 18.4 Å². The predicted molar refractivity (Wildman–Crippen MR) is 52.8 cm³/mol. The molecule has 0 spiro atoms. The fourth-order valence-corrected chi connectivity index (χ4v) is 1.31. The molecule has 0 bridgehead atoms. The molecule has 4 nitrogen and oxygen atoms in total. The first-order chi connectivity index (χ1) is 5.24. The maximum Gasteiger partial charge on any atom is 0.188 e. The van der Waals surface area contributed by atoms with Crippen molar-refractivity contribution in [1.29, 1.82) is 5.41 Å². The van der Waals surface area contributed by atoms with Gasteiger partial charge in [0, 0.05) is 26.2 Å². The average molecular weight is 193 g/mol. The van der Waals surface area contributed by atoms with Crippen LogP contribution >= 0.6 is 12.4 Å². The van der Waals surface area contributed by atoms with Crippen molar-refractivity contribution < 1.29 is 0 Å². The van der Waals surface area contributed by atoms with Gasteiger partial charge in [0.25, 0.3) is 0 Å². The van der Waals surface area contributed by atoms with Crippen LogP contribution in [0.25, 0.3) is 0 Å². The Labute approximate surface area is 79.6 Å². The van der Waals surface area contributed by atoms with Crippen molar-refractivity contribution in [2.45, 2.75) is 6.92 Å². The van der Waals surface area contributed by atoms with Crippen LogP contribution in [0.1, 0.15) is 6.92 Å². The number of rotatable bonds is 1. The Morgan fingerprint density at radius 2 is 1.83 bits per heavy atom. The fourth-order valence-electron chi connectivity index (χ4n) is 1.31. The molecule has 1 rings (SSSR count). The first-order valence-electron chi connectivity index (χ1n) is 4.05. The molecule has 0 atom stereocenters. The van der Waals surface area contributed by atoms with Crippen molar-refractivity contribution in [3.05, 3.63) is 0 Å². The molecular formula is C7H17ClN4. The largest absolute Gasteiger partial charge is 0.370 e. The molecule has 72 valence electrons. The molecule has 3 N–H and O–H groups in total. The summed E-state index contributed by atoms with van der Waals surface area (Å²) in [4.78, 5) is 4.27. The Morgan fingerprint density at radius 3 is 2.17 bits per heavy atom. The highest BCUT2D eigenvalue weighted by Gasteiger charge is 2.15. The van der Waals surface area contributed by atoms with E-state index in [2.05, 4.69) is 11.8 Å². The molecule has 1 aliphatic rings. The summed E-state index contributed by atoms with van der Waals surface area (Å²) in [7, 11) is 0. The lowest BCUT2D eigenvalue weighted by Crippen LogP contribution is -2.50. The maximum atomic E-state index is 7.20. The van der Waals surface area contributed by atoms with E-state index in [0.29, 0.717) is 0 Å². The molecule has 1 heterocycles. The number of piperazine rings is 1. The van der Waals surface area contributed by atoms with E-state index in [1.807, 2.05) is 4.90 Å². The van der Waals surface area contributed by atoms with Crippen LogP contribution in [0.5, 0.6) is 0 Å². The second kappa shape index (κ2) is 5.22. The minimum absolute atomic E-state index is 0.